The summed E-state index contributed by atoms with van der Waals surface area (Å²) in [5, 5.41) is 3.30. The Bertz CT molecular complexity index is 2090. The number of alkyl halides is 3. The van der Waals surface area contributed by atoms with Crippen LogP contribution in [0.2, 0.25) is 15.1 Å². The lowest BCUT2D eigenvalue weighted by Crippen LogP contribution is -2.28. The minimum absolute atomic E-state index is 0.109. The molecule has 0 atom stereocenters. The second-order valence-electron chi connectivity index (χ2n) is 11.2. The van der Waals surface area contributed by atoms with Gasteiger partial charge in [-0.2, -0.15) is 13.2 Å². The molecule has 0 spiro atoms. The molecule has 6 rings (SSSR count). The molecule has 1 aromatic heterocycles. The summed E-state index contributed by atoms with van der Waals surface area (Å²) in [5.41, 5.74) is -0.00359. The molecule has 2 heterocycles. The number of carbonyl (C=O) groups is 1. The molecule has 0 saturated carbocycles. The van der Waals surface area contributed by atoms with Crippen molar-refractivity contribution in [3.05, 3.63) is 127 Å². The average Bonchev–Trinajstić information content (AvgIpc) is 3.02. The van der Waals surface area contributed by atoms with Gasteiger partial charge in [0.2, 0.25) is 5.91 Å². The van der Waals surface area contributed by atoms with E-state index in [0.717, 1.165) is 31.5 Å². The molecule has 47 heavy (non-hydrogen) atoms. The topological polar surface area (TPSA) is 62.6 Å². The van der Waals surface area contributed by atoms with Crippen LogP contribution in [0.15, 0.2) is 94.2 Å². The van der Waals surface area contributed by atoms with E-state index < -0.39 is 34.5 Å². The highest BCUT2D eigenvalue weighted by molar-refractivity contribution is 6.34. The van der Waals surface area contributed by atoms with Crippen LogP contribution in [0.5, 0.6) is 0 Å². The van der Waals surface area contributed by atoms with Gasteiger partial charge in [0.15, 0.2) is 0 Å². The first kappa shape index (κ1) is 32.8. The van der Waals surface area contributed by atoms with Gasteiger partial charge in [0, 0.05) is 64.2 Å². The molecule has 4 aromatic carbocycles. The van der Waals surface area contributed by atoms with Gasteiger partial charge in [-0.25, -0.2) is 4.79 Å². The zero-order chi connectivity index (χ0) is 33.5. The number of nitrogens with one attached hydrogen (secondary N) is 1. The fourth-order valence-electron chi connectivity index (χ4n) is 5.95. The van der Waals surface area contributed by atoms with E-state index in [1.807, 2.05) is 24.3 Å². The lowest BCUT2D eigenvalue weighted by molar-refractivity contribution is -0.136. The van der Waals surface area contributed by atoms with Gasteiger partial charge in [-0.3, -0.25) is 9.69 Å². The SMILES string of the molecule is CC(=O)Nc1ccc(Cl)c(-c2c(-c3ccccc3)c3cc(CN4CC=C(c5ccc(Cl)cc5)CC4)c(Cl)cc3oc2=O)c1C(F)(F)F. The van der Waals surface area contributed by atoms with Crippen LogP contribution in [0.25, 0.3) is 38.8 Å². The largest absolute Gasteiger partial charge is 0.422 e. The van der Waals surface area contributed by atoms with E-state index >= 15 is 0 Å². The highest BCUT2D eigenvalue weighted by atomic mass is 35.5. The van der Waals surface area contributed by atoms with Gasteiger partial charge in [0.05, 0.1) is 16.8 Å². The number of benzene rings is 4. The van der Waals surface area contributed by atoms with Gasteiger partial charge in [-0.05, 0) is 59.0 Å². The minimum atomic E-state index is -4.99. The van der Waals surface area contributed by atoms with Crippen molar-refractivity contribution >= 4 is 62.9 Å². The maximum atomic E-state index is 14.8. The standard InChI is InChI=1S/C36H26Cl3F3N2O3/c1-20(45)43-29-12-11-27(38)32(34(29)36(40,41)42)33-31(23-5-3-2-4-6-23)26-17-24(28(39)18-30(26)47-35(33)46)19-44-15-13-22(14-16-44)21-7-9-25(37)10-8-21/h2-13,17-18H,14-16,19H2,1H3,(H,43,45). The molecule has 1 amide bonds. The number of hydrogen-bond acceptors (Lipinski definition) is 4. The Kier molecular flexibility index (Phi) is 9.23. The van der Waals surface area contributed by atoms with Crippen LogP contribution in [0.1, 0.15) is 30.0 Å². The molecular weight excluding hydrogens is 672 g/mol. The van der Waals surface area contributed by atoms with Crippen molar-refractivity contribution < 1.29 is 22.4 Å². The monoisotopic (exact) mass is 696 g/mol. The molecule has 11 heteroatoms. The fraction of sp³-hybridized carbons (Fsp3) is 0.167. The maximum absolute atomic E-state index is 14.8. The first-order valence-electron chi connectivity index (χ1n) is 14.6. The number of amides is 1. The molecule has 0 radical (unpaired) electrons. The van der Waals surface area contributed by atoms with E-state index in [2.05, 4.69) is 16.3 Å². The van der Waals surface area contributed by atoms with Crippen LogP contribution in [0.3, 0.4) is 0 Å². The minimum Gasteiger partial charge on any atom is -0.422 e. The van der Waals surface area contributed by atoms with E-state index in [0.29, 0.717) is 39.6 Å². The van der Waals surface area contributed by atoms with Crippen molar-refractivity contribution in [1.82, 2.24) is 4.90 Å². The Labute approximate surface area is 283 Å². The van der Waals surface area contributed by atoms with Crippen LogP contribution < -0.4 is 10.9 Å². The lowest BCUT2D eigenvalue weighted by Gasteiger charge is -2.27. The van der Waals surface area contributed by atoms with Gasteiger partial charge < -0.3 is 9.73 Å². The number of fused-ring (bicyclic) bond motifs is 1. The van der Waals surface area contributed by atoms with Crippen molar-refractivity contribution in [3.8, 4) is 22.3 Å². The predicted octanol–water partition coefficient (Wildman–Crippen LogP) is 10.4. The Morgan fingerprint density at radius 2 is 1.62 bits per heavy atom. The highest BCUT2D eigenvalue weighted by Gasteiger charge is 2.40. The molecule has 0 aliphatic carbocycles. The third kappa shape index (κ3) is 6.83. The maximum Gasteiger partial charge on any atom is 0.419 e. The van der Waals surface area contributed by atoms with Crippen molar-refractivity contribution in [2.24, 2.45) is 0 Å². The molecule has 0 unspecified atom stereocenters. The number of nitrogens with zero attached hydrogens (tertiary/aromatic N) is 1. The Hall–Kier alpha value is -4.08. The van der Waals surface area contributed by atoms with Crippen molar-refractivity contribution in [2.75, 3.05) is 18.4 Å². The van der Waals surface area contributed by atoms with Crippen molar-refractivity contribution in [3.63, 3.8) is 0 Å². The van der Waals surface area contributed by atoms with E-state index in [4.69, 9.17) is 39.2 Å². The average molecular weight is 698 g/mol. The van der Waals surface area contributed by atoms with Gasteiger partial charge >= 0.3 is 11.8 Å². The van der Waals surface area contributed by atoms with E-state index in [-0.39, 0.29) is 21.7 Å². The van der Waals surface area contributed by atoms with Gasteiger partial charge in [0.1, 0.15) is 5.58 Å². The Morgan fingerprint density at radius 1 is 0.894 bits per heavy atom. The van der Waals surface area contributed by atoms with Gasteiger partial charge in [-0.1, -0.05) is 83.3 Å². The number of hydrogen-bond donors (Lipinski definition) is 1. The second kappa shape index (κ2) is 13.2. The van der Waals surface area contributed by atoms with Crippen LogP contribution in [0, 0.1) is 0 Å². The molecule has 240 valence electrons. The summed E-state index contributed by atoms with van der Waals surface area (Å²) in [6.45, 7) is 2.92. The highest BCUT2D eigenvalue weighted by Crippen LogP contribution is 2.48. The summed E-state index contributed by atoms with van der Waals surface area (Å²) in [6.07, 6.45) is -2.05. The summed E-state index contributed by atoms with van der Waals surface area (Å²) in [6, 6.07) is 21.8. The molecule has 5 nitrogen and oxygen atoms in total. The molecular formula is C36H26Cl3F3N2O3. The molecule has 5 aromatic rings. The lowest BCUT2D eigenvalue weighted by atomic mass is 9.89. The third-order valence-corrected chi connectivity index (χ3v) is 8.96. The number of halogens is 6. The second-order valence-corrected chi connectivity index (χ2v) is 12.4. The van der Waals surface area contributed by atoms with E-state index in [9.17, 15) is 22.8 Å². The van der Waals surface area contributed by atoms with Crippen LogP contribution in [-0.4, -0.2) is 23.9 Å². The summed E-state index contributed by atoms with van der Waals surface area (Å²) in [7, 11) is 0. The first-order valence-corrected chi connectivity index (χ1v) is 15.7. The summed E-state index contributed by atoms with van der Waals surface area (Å²) in [4.78, 5) is 27.8. The molecule has 1 aliphatic rings. The fourth-order valence-corrected chi connectivity index (χ4v) is 6.54. The number of rotatable bonds is 6. The van der Waals surface area contributed by atoms with Gasteiger partial charge in [0.25, 0.3) is 0 Å². The van der Waals surface area contributed by atoms with E-state index in [1.165, 1.54) is 17.7 Å². The number of carbonyl (C=O) groups excluding carboxylic acids is 1. The Morgan fingerprint density at radius 3 is 2.26 bits per heavy atom. The quantitative estimate of drug-likeness (QED) is 0.179. The number of anilines is 1. The zero-order valence-corrected chi connectivity index (χ0v) is 27.1. The molecule has 1 aliphatic heterocycles. The summed E-state index contributed by atoms with van der Waals surface area (Å²) < 4.78 is 49.9. The Balaban J connectivity index is 1.52. The zero-order valence-electron chi connectivity index (χ0n) is 24.9. The summed E-state index contributed by atoms with van der Waals surface area (Å²) >= 11 is 19.2. The third-order valence-electron chi connectivity index (χ3n) is 8.04. The van der Waals surface area contributed by atoms with Crippen molar-refractivity contribution in [2.45, 2.75) is 26.1 Å². The van der Waals surface area contributed by atoms with Crippen LogP contribution >= 0.6 is 34.8 Å². The van der Waals surface area contributed by atoms with Gasteiger partial charge in [-0.15, -0.1) is 0 Å². The van der Waals surface area contributed by atoms with Crippen LogP contribution in [-0.2, 0) is 17.5 Å². The first-order chi connectivity index (χ1) is 22.4. The smallest absolute Gasteiger partial charge is 0.419 e. The molecule has 0 bridgehead atoms. The predicted molar refractivity (Wildman–Crippen MR) is 182 cm³/mol. The van der Waals surface area contributed by atoms with E-state index in [1.54, 1.807) is 36.4 Å². The van der Waals surface area contributed by atoms with Crippen molar-refractivity contribution in [1.29, 1.82) is 0 Å². The molecule has 0 saturated heterocycles. The van der Waals surface area contributed by atoms with Crippen LogP contribution in [0.4, 0.5) is 18.9 Å². The molecule has 1 N–H and O–H groups in total. The molecule has 0 fully saturated rings. The normalized spacial score (nSPS) is 13.9. The summed E-state index contributed by atoms with van der Waals surface area (Å²) in [5.74, 6) is -0.718.